The Morgan fingerprint density at radius 1 is 1.31 bits per heavy atom. The molecule has 1 aromatic carbocycles. The zero-order chi connectivity index (χ0) is 11.5. The zero-order valence-electron chi connectivity index (χ0n) is 9.31. The van der Waals surface area contributed by atoms with E-state index < -0.39 is 6.10 Å². The molecule has 1 aromatic heterocycles. The van der Waals surface area contributed by atoms with Crippen molar-refractivity contribution in [3.8, 4) is 5.75 Å². The fourth-order valence-electron chi connectivity index (χ4n) is 1.45. The van der Waals surface area contributed by atoms with E-state index >= 15 is 0 Å². The first kappa shape index (κ1) is 10.6. The first-order valence-corrected chi connectivity index (χ1v) is 5.19. The van der Waals surface area contributed by atoms with Gasteiger partial charge in [0.25, 0.3) is 0 Å². The highest BCUT2D eigenvalue weighted by atomic mass is 16.5. The Kier molecular flexibility index (Phi) is 2.86. The van der Waals surface area contributed by atoms with Gasteiger partial charge in [-0.15, -0.1) is 0 Å². The summed E-state index contributed by atoms with van der Waals surface area (Å²) in [5.41, 5.74) is 0.871. The second-order valence-corrected chi connectivity index (χ2v) is 3.70. The van der Waals surface area contributed by atoms with Gasteiger partial charge in [-0.2, -0.15) is 0 Å². The number of nitrogens with zero attached hydrogens (tertiary/aromatic N) is 1. The molecule has 0 radical (unpaired) electrons. The molecule has 3 nitrogen and oxygen atoms in total. The van der Waals surface area contributed by atoms with Crippen LogP contribution >= 0.6 is 0 Å². The van der Waals surface area contributed by atoms with Crippen LogP contribution < -0.4 is 4.74 Å². The Labute approximate surface area is 94.1 Å². The topological polar surface area (TPSA) is 39.2 Å². The molecule has 1 heterocycles. The molecular formula is C13H13NO2. The molecule has 0 saturated carbocycles. The van der Waals surface area contributed by atoms with Crippen molar-refractivity contribution in [3.63, 3.8) is 0 Å². The molecule has 0 bridgehead atoms. The molecule has 0 saturated heterocycles. The van der Waals surface area contributed by atoms with E-state index in [9.17, 15) is 4.79 Å². The Morgan fingerprint density at radius 3 is 2.88 bits per heavy atom. The number of ketones is 1. The molecule has 0 aliphatic carbocycles. The van der Waals surface area contributed by atoms with Crippen molar-refractivity contribution < 1.29 is 9.53 Å². The Bertz CT molecular complexity index is 517. The number of ether oxygens (including phenoxy) is 1. The van der Waals surface area contributed by atoms with Crippen LogP contribution in [0.15, 0.2) is 36.5 Å². The van der Waals surface area contributed by atoms with Gasteiger partial charge in [0.15, 0.2) is 11.9 Å². The molecular weight excluding hydrogens is 202 g/mol. The summed E-state index contributed by atoms with van der Waals surface area (Å²) in [5.74, 6) is 0.717. The maximum absolute atomic E-state index is 11.1. The van der Waals surface area contributed by atoms with Gasteiger partial charge >= 0.3 is 0 Å². The predicted octanol–water partition coefficient (Wildman–Crippen LogP) is 2.59. The number of aromatic nitrogens is 1. The highest BCUT2D eigenvalue weighted by Crippen LogP contribution is 2.24. The highest BCUT2D eigenvalue weighted by molar-refractivity contribution is 5.86. The summed E-state index contributed by atoms with van der Waals surface area (Å²) in [6, 6.07) is 9.43. The summed E-state index contributed by atoms with van der Waals surface area (Å²) < 4.78 is 5.60. The first-order chi connectivity index (χ1) is 7.68. The van der Waals surface area contributed by atoms with Gasteiger partial charge in [0, 0.05) is 11.6 Å². The number of Topliss-reactive ketones (excluding diaryl/α,β-unsaturated/α-hetero) is 1. The number of carbonyl (C=O) groups is 1. The van der Waals surface area contributed by atoms with Crippen LogP contribution in [0.5, 0.6) is 5.75 Å². The number of hydrogen-bond acceptors (Lipinski definition) is 3. The van der Waals surface area contributed by atoms with Gasteiger partial charge in [0.2, 0.25) is 0 Å². The van der Waals surface area contributed by atoms with Crippen LogP contribution in [0.4, 0.5) is 0 Å². The van der Waals surface area contributed by atoms with Gasteiger partial charge in [-0.25, -0.2) is 0 Å². The van der Waals surface area contributed by atoms with Gasteiger partial charge < -0.3 is 4.74 Å². The molecule has 1 unspecified atom stereocenters. The fraction of sp³-hybridized carbons (Fsp3) is 0.231. The number of hydrogen-bond donors (Lipinski definition) is 0. The van der Waals surface area contributed by atoms with Crippen molar-refractivity contribution in [1.82, 2.24) is 4.98 Å². The highest BCUT2D eigenvalue weighted by Gasteiger charge is 2.10. The molecule has 0 amide bonds. The van der Waals surface area contributed by atoms with E-state index in [1.165, 1.54) is 6.92 Å². The van der Waals surface area contributed by atoms with Crippen LogP contribution in [0.2, 0.25) is 0 Å². The molecule has 2 aromatic rings. The second-order valence-electron chi connectivity index (χ2n) is 3.70. The van der Waals surface area contributed by atoms with Crippen molar-refractivity contribution in [1.29, 1.82) is 0 Å². The molecule has 0 aliphatic rings. The van der Waals surface area contributed by atoms with E-state index in [1.54, 1.807) is 13.1 Å². The third-order valence-corrected chi connectivity index (χ3v) is 2.48. The zero-order valence-corrected chi connectivity index (χ0v) is 9.31. The van der Waals surface area contributed by atoms with Crippen molar-refractivity contribution in [2.45, 2.75) is 20.0 Å². The Hall–Kier alpha value is -1.90. The Balaban J connectivity index is 2.41. The number of pyridine rings is 1. The average Bonchev–Trinajstić information content (AvgIpc) is 2.29. The van der Waals surface area contributed by atoms with Gasteiger partial charge in [-0.1, -0.05) is 6.07 Å². The van der Waals surface area contributed by atoms with Crippen LogP contribution in [0.1, 0.15) is 13.8 Å². The molecule has 3 heteroatoms. The van der Waals surface area contributed by atoms with Crippen molar-refractivity contribution in [2.24, 2.45) is 0 Å². The molecule has 82 valence electrons. The number of rotatable bonds is 3. The van der Waals surface area contributed by atoms with E-state index in [0.717, 1.165) is 10.9 Å². The predicted molar refractivity (Wildman–Crippen MR) is 62.5 cm³/mol. The lowest BCUT2D eigenvalue weighted by Gasteiger charge is -2.13. The lowest BCUT2D eigenvalue weighted by atomic mass is 10.2. The minimum Gasteiger partial charge on any atom is -0.482 e. The van der Waals surface area contributed by atoms with Crippen LogP contribution in [0.25, 0.3) is 10.9 Å². The van der Waals surface area contributed by atoms with E-state index in [2.05, 4.69) is 4.98 Å². The van der Waals surface area contributed by atoms with E-state index in [-0.39, 0.29) is 5.78 Å². The van der Waals surface area contributed by atoms with Crippen molar-refractivity contribution >= 4 is 16.7 Å². The standard InChI is InChI=1S/C13H13NO2/c1-9(15)10(2)16-13-7-3-6-12-11(13)5-4-8-14-12/h3-8,10H,1-2H3. The van der Waals surface area contributed by atoms with Crippen LogP contribution in [0.3, 0.4) is 0 Å². The first-order valence-electron chi connectivity index (χ1n) is 5.19. The summed E-state index contributed by atoms with van der Waals surface area (Å²) in [7, 11) is 0. The van der Waals surface area contributed by atoms with E-state index in [1.807, 2.05) is 30.3 Å². The summed E-state index contributed by atoms with van der Waals surface area (Å²) in [6.07, 6.45) is 1.31. The van der Waals surface area contributed by atoms with Gasteiger partial charge in [0.1, 0.15) is 5.75 Å². The van der Waals surface area contributed by atoms with Crippen LogP contribution in [-0.2, 0) is 4.79 Å². The monoisotopic (exact) mass is 215 g/mol. The summed E-state index contributed by atoms with van der Waals surface area (Å²) >= 11 is 0. The number of benzene rings is 1. The summed E-state index contributed by atoms with van der Waals surface area (Å²) in [5, 5.41) is 0.929. The quantitative estimate of drug-likeness (QED) is 0.790. The molecule has 0 aliphatic heterocycles. The van der Waals surface area contributed by atoms with Crippen LogP contribution in [-0.4, -0.2) is 16.9 Å². The van der Waals surface area contributed by atoms with E-state index in [4.69, 9.17) is 4.74 Å². The Morgan fingerprint density at radius 2 is 2.12 bits per heavy atom. The molecule has 0 N–H and O–H groups in total. The number of fused-ring (bicyclic) bond motifs is 1. The molecule has 2 rings (SSSR count). The normalized spacial score (nSPS) is 12.4. The minimum atomic E-state index is -0.425. The maximum Gasteiger partial charge on any atom is 0.169 e. The van der Waals surface area contributed by atoms with Crippen molar-refractivity contribution in [2.75, 3.05) is 0 Å². The lowest BCUT2D eigenvalue weighted by molar-refractivity contribution is -0.122. The second kappa shape index (κ2) is 4.31. The third-order valence-electron chi connectivity index (χ3n) is 2.48. The third kappa shape index (κ3) is 2.03. The van der Waals surface area contributed by atoms with Crippen molar-refractivity contribution in [3.05, 3.63) is 36.5 Å². The largest absolute Gasteiger partial charge is 0.482 e. The lowest BCUT2D eigenvalue weighted by Crippen LogP contribution is -2.20. The fourth-order valence-corrected chi connectivity index (χ4v) is 1.45. The van der Waals surface area contributed by atoms with E-state index in [0.29, 0.717) is 5.75 Å². The average molecular weight is 215 g/mol. The molecule has 16 heavy (non-hydrogen) atoms. The van der Waals surface area contributed by atoms with Gasteiger partial charge in [-0.3, -0.25) is 9.78 Å². The smallest absolute Gasteiger partial charge is 0.169 e. The molecule has 0 spiro atoms. The number of carbonyl (C=O) groups excluding carboxylic acids is 1. The SMILES string of the molecule is CC(=O)C(C)Oc1cccc2ncccc12. The maximum atomic E-state index is 11.1. The minimum absolute atomic E-state index is 0.0147. The molecule has 0 fully saturated rings. The van der Waals surface area contributed by atoms with Gasteiger partial charge in [-0.05, 0) is 38.1 Å². The summed E-state index contributed by atoms with van der Waals surface area (Å²) in [6.45, 7) is 3.27. The van der Waals surface area contributed by atoms with Gasteiger partial charge in [0.05, 0.1) is 5.52 Å². The van der Waals surface area contributed by atoms with Crippen LogP contribution in [0, 0.1) is 0 Å². The summed E-state index contributed by atoms with van der Waals surface area (Å²) in [4.78, 5) is 15.4. The molecule has 1 atom stereocenters.